The first-order valence-corrected chi connectivity index (χ1v) is 6.07. The lowest BCUT2D eigenvalue weighted by Crippen LogP contribution is -2.23. The molecular weight excluding hydrogens is 238 g/mol. The predicted molar refractivity (Wildman–Crippen MR) is 66.6 cm³/mol. The minimum Gasteiger partial charge on any atom is -0.384 e. The van der Waals surface area contributed by atoms with Crippen LogP contribution in [0, 0.1) is 11.8 Å². The molecule has 0 aliphatic heterocycles. The van der Waals surface area contributed by atoms with E-state index in [2.05, 4.69) is 17.2 Å². The Balaban J connectivity index is 2.36. The van der Waals surface area contributed by atoms with E-state index in [0.717, 1.165) is 10.4 Å². The minimum absolute atomic E-state index is 0.0248. The third kappa shape index (κ3) is 5.50. The molecule has 92 valence electrons. The molecule has 5 heteroatoms. The van der Waals surface area contributed by atoms with Gasteiger partial charge in [0.15, 0.2) is 0 Å². The standard InChI is InChI=1S/C12H15NO3S/c1-16-6-4-12(15)13-8-11-7-10(9-17-11)3-2-5-14/h7,9,14H,4-6,8H2,1H3,(H,13,15). The average Bonchev–Trinajstić information content (AvgIpc) is 2.79. The van der Waals surface area contributed by atoms with Crippen LogP contribution in [0.4, 0.5) is 0 Å². The van der Waals surface area contributed by atoms with Gasteiger partial charge in [-0.15, -0.1) is 11.3 Å². The maximum atomic E-state index is 11.3. The molecule has 0 atom stereocenters. The van der Waals surface area contributed by atoms with Gasteiger partial charge in [-0.05, 0) is 6.07 Å². The van der Waals surface area contributed by atoms with E-state index in [4.69, 9.17) is 9.84 Å². The number of carbonyl (C=O) groups excluding carboxylic acids is 1. The molecule has 1 amide bonds. The van der Waals surface area contributed by atoms with Crippen molar-refractivity contribution in [1.82, 2.24) is 5.32 Å². The van der Waals surface area contributed by atoms with E-state index in [1.807, 2.05) is 11.4 Å². The molecule has 1 heterocycles. The second-order valence-electron chi connectivity index (χ2n) is 3.28. The van der Waals surface area contributed by atoms with Crippen molar-refractivity contribution in [2.75, 3.05) is 20.3 Å². The smallest absolute Gasteiger partial charge is 0.222 e. The molecule has 0 bridgehead atoms. The number of nitrogens with one attached hydrogen (secondary N) is 1. The molecule has 0 aliphatic carbocycles. The minimum atomic E-state index is -0.140. The number of hydrogen-bond donors (Lipinski definition) is 2. The zero-order chi connectivity index (χ0) is 12.5. The third-order valence-corrected chi connectivity index (χ3v) is 2.90. The summed E-state index contributed by atoms with van der Waals surface area (Å²) in [5.74, 6) is 5.37. The highest BCUT2D eigenvalue weighted by Gasteiger charge is 2.02. The fourth-order valence-electron chi connectivity index (χ4n) is 1.15. The number of rotatable bonds is 5. The van der Waals surface area contributed by atoms with Crippen molar-refractivity contribution in [1.29, 1.82) is 0 Å². The molecule has 2 N–H and O–H groups in total. The first-order valence-electron chi connectivity index (χ1n) is 5.19. The van der Waals surface area contributed by atoms with E-state index in [9.17, 15) is 4.79 Å². The van der Waals surface area contributed by atoms with Crippen LogP contribution in [0.2, 0.25) is 0 Å². The summed E-state index contributed by atoms with van der Waals surface area (Å²) in [4.78, 5) is 12.3. The van der Waals surface area contributed by atoms with Gasteiger partial charge >= 0.3 is 0 Å². The van der Waals surface area contributed by atoms with Gasteiger partial charge in [0.2, 0.25) is 5.91 Å². The van der Waals surface area contributed by atoms with Gasteiger partial charge in [0.1, 0.15) is 6.61 Å². The van der Waals surface area contributed by atoms with Crippen LogP contribution in [-0.2, 0) is 16.1 Å². The van der Waals surface area contributed by atoms with Crippen LogP contribution in [0.25, 0.3) is 0 Å². The first-order chi connectivity index (χ1) is 8.26. The fraction of sp³-hybridized carbons (Fsp3) is 0.417. The zero-order valence-corrected chi connectivity index (χ0v) is 10.5. The van der Waals surface area contributed by atoms with Crippen LogP contribution in [0.1, 0.15) is 16.9 Å². The molecule has 0 saturated carbocycles. The molecule has 1 aromatic rings. The Kier molecular flexibility index (Phi) is 6.33. The molecule has 0 saturated heterocycles. The van der Waals surface area contributed by atoms with Gasteiger partial charge in [0, 0.05) is 29.4 Å². The van der Waals surface area contributed by atoms with Crippen LogP contribution >= 0.6 is 11.3 Å². The monoisotopic (exact) mass is 253 g/mol. The van der Waals surface area contributed by atoms with Crippen molar-refractivity contribution in [3.63, 3.8) is 0 Å². The van der Waals surface area contributed by atoms with Crippen molar-refractivity contribution in [3.8, 4) is 11.8 Å². The van der Waals surface area contributed by atoms with E-state index >= 15 is 0 Å². The highest BCUT2D eigenvalue weighted by Crippen LogP contribution is 2.13. The van der Waals surface area contributed by atoms with Gasteiger partial charge in [0.25, 0.3) is 0 Å². The van der Waals surface area contributed by atoms with E-state index in [-0.39, 0.29) is 12.5 Å². The predicted octanol–water partition coefficient (Wildman–Crippen LogP) is 0.745. The lowest BCUT2D eigenvalue weighted by Gasteiger charge is -2.02. The van der Waals surface area contributed by atoms with Gasteiger partial charge < -0.3 is 15.2 Å². The van der Waals surface area contributed by atoms with Gasteiger partial charge in [-0.25, -0.2) is 0 Å². The summed E-state index contributed by atoms with van der Waals surface area (Å²) in [6, 6.07) is 1.91. The molecule has 4 nitrogen and oxygen atoms in total. The topological polar surface area (TPSA) is 58.6 Å². The Bertz CT molecular complexity index is 417. The number of methoxy groups -OCH3 is 1. The maximum Gasteiger partial charge on any atom is 0.222 e. The Morgan fingerprint density at radius 3 is 3.18 bits per heavy atom. The number of ether oxygens (including phenoxy) is 1. The Morgan fingerprint density at radius 1 is 1.65 bits per heavy atom. The first kappa shape index (κ1) is 13.7. The number of amides is 1. The zero-order valence-electron chi connectivity index (χ0n) is 9.66. The molecule has 0 unspecified atom stereocenters. The molecule has 0 spiro atoms. The highest BCUT2D eigenvalue weighted by molar-refractivity contribution is 7.10. The molecule has 1 aromatic heterocycles. The van der Waals surface area contributed by atoms with Crippen LogP contribution in [0.3, 0.4) is 0 Å². The van der Waals surface area contributed by atoms with E-state index in [1.54, 1.807) is 7.11 Å². The van der Waals surface area contributed by atoms with E-state index in [0.29, 0.717) is 19.6 Å². The molecule has 1 rings (SSSR count). The highest BCUT2D eigenvalue weighted by atomic mass is 32.1. The Hall–Kier alpha value is -1.35. The van der Waals surface area contributed by atoms with E-state index < -0.39 is 0 Å². The van der Waals surface area contributed by atoms with Gasteiger partial charge in [-0.2, -0.15) is 0 Å². The summed E-state index contributed by atoms with van der Waals surface area (Å²) >= 11 is 1.54. The summed E-state index contributed by atoms with van der Waals surface area (Å²) in [6.07, 6.45) is 0.374. The van der Waals surface area contributed by atoms with Crippen molar-refractivity contribution < 1.29 is 14.6 Å². The van der Waals surface area contributed by atoms with Gasteiger partial charge in [-0.3, -0.25) is 4.79 Å². The van der Waals surface area contributed by atoms with Crippen molar-refractivity contribution in [2.24, 2.45) is 0 Å². The van der Waals surface area contributed by atoms with Crippen LogP contribution in [0.15, 0.2) is 11.4 Å². The number of thiophene rings is 1. The van der Waals surface area contributed by atoms with Crippen molar-refractivity contribution in [2.45, 2.75) is 13.0 Å². The van der Waals surface area contributed by atoms with Crippen LogP contribution in [0.5, 0.6) is 0 Å². The number of hydrogen-bond acceptors (Lipinski definition) is 4. The Morgan fingerprint density at radius 2 is 2.47 bits per heavy atom. The van der Waals surface area contributed by atoms with E-state index in [1.165, 1.54) is 11.3 Å². The molecule has 0 fully saturated rings. The second-order valence-corrected chi connectivity index (χ2v) is 4.28. The molecule has 0 radical (unpaired) electrons. The maximum absolute atomic E-state index is 11.3. The molecule has 0 aliphatic rings. The largest absolute Gasteiger partial charge is 0.384 e. The summed E-state index contributed by atoms with van der Waals surface area (Å²) in [7, 11) is 1.57. The van der Waals surface area contributed by atoms with Crippen LogP contribution < -0.4 is 5.32 Å². The molecular formula is C12H15NO3S. The normalized spacial score (nSPS) is 9.53. The van der Waals surface area contributed by atoms with Gasteiger partial charge in [0.05, 0.1) is 13.2 Å². The summed E-state index contributed by atoms with van der Waals surface area (Å²) in [5.41, 5.74) is 0.866. The summed E-state index contributed by atoms with van der Waals surface area (Å²) < 4.78 is 4.81. The lowest BCUT2D eigenvalue weighted by molar-refractivity contribution is -0.122. The number of carbonyl (C=O) groups is 1. The van der Waals surface area contributed by atoms with Crippen molar-refractivity contribution >= 4 is 17.2 Å². The fourth-order valence-corrected chi connectivity index (χ4v) is 1.91. The summed E-state index contributed by atoms with van der Waals surface area (Å²) in [5, 5.41) is 13.3. The molecule has 17 heavy (non-hydrogen) atoms. The number of aliphatic hydroxyl groups is 1. The third-order valence-electron chi connectivity index (χ3n) is 1.96. The Labute approximate surface area is 105 Å². The summed E-state index contributed by atoms with van der Waals surface area (Å²) in [6.45, 7) is 0.802. The second kappa shape index (κ2) is 7.85. The number of aliphatic hydroxyl groups excluding tert-OH is 1. The van der Waals surface area contributed by atoms with Crippen molar-refractivity contribution in [3.05, 3.63) is 21.9 Å². The quantitative estimate of drug-likeness (QED) is 0.761. The lowest BCUT2D eigenvalue weighted by atomic mass is 10.3. The molecule has 0 aromatic carbocycles. The van der Waals surface area contributed by atoms with Gasteiger partial charge in [-0.1, -0.05) is 11.8 Å². The van der Waals surface area contributed by atoms with Crippen LogP contribution in [-0.4, -0.2) is 31.3 Å². The SMILES string of the molecule is COCCC(=O)NCc1cc(C#CCO)cs1. The average molecular weight is 253 g/mol.